The lowest BCUT2D eigenvalue weighted by molar-refractivity contribution is 0.137. The van der Waals surface area contributed by atoms with E-state index in [1.165, 1.54) is 45.3 Å². The lowest BCUT2D eigenvalue weighted by Crippen LogP contribution is -2.41. The quantitative estimate of drug-likeness (QED) is 0.728. The highest BCUT2D eigenvalue weighted by Gasteiger charge is 2.33. The Morgan fingerprint density at radius 2 is 1.93 bits per heavy atom. The molecule has 0 saturated carbocycles. The lowest BCUT2D eigenvalue weighted by Gasteiger charge is -2.36. The van der Waals surface area contributed by atoms with Crippen LogP contribution in [0.1, 0.15) is 46.5 Å². The van der Waals surface area contributed by atoms with E-state index >= 15 is 0 Å². The summed E-state index contributed by atoms with van der Waals surface area (Å²) < 4.78 is 0. The van der Waals surface area contributed by atoms with Gasteiger partial charge in [-0.25, -0.2) is 0 Å². The number of hydrogen-bond acceptors (Lipinski definition) is 2. The van der Waals surface area contributed by atoms with Crippen molar-refractivity contribution < 1.29 is 0 Å². The van der Waals surface area contributed by atoms with Crippen molar-refractivity contribution in [2.24, 2.45) is 5.41 Å². The van der Waals surface area contributed by atoms with Crippen molar-refractivity contribution in [3.63, 3.8) is 0 Å². The van der Waals surface area contributed by atoms with Crippen molar-refractivity contribution in [1.82, 2.24) is 10.2 Å². The van der Waals surface area contributed by atoms with Gasteiger partial charge in [0, 0.05) is 19.1 Å². The zero-order valence-corrected chi connectivity index (χ0v) is 11.0. The maximum atomic E-state index is 3.52. The Hall–Kier alpha value is -0.0800. The van der Waals surface area contributed by atoms with E-state index in [0.29, 0.717) is 5.41 Å². The Labute approximate surface area is 95.4 Å². The summed E-state index contributed by atoms with van der Waals surface area (Å²) in [6.45, 7) is 10.6. The summed E-state index contributed by atoms with van der Waals surface area (Å²) in [5, 5.41) is 3.52. The van der Waals surface area contributed by atoms with E-state index in [-0.39, 0.29) is 0 Å². The molecule has 1 rings (SSSR count). The molecule has 0 aliphatic carbocycles. The number of rotatable bonds is 6. The predicted molar refractivity (Wildman–Crippen MR) is 67.2 cm³/mol. The fourth-order valence-electron chi connectivity index (χ4n) is 2.91. The molecule has 2 nitrogen and oxygen atoms in total. The SMILES string of the molecule is CCC(CC)N(C)CC1(CC)CCNC1. The molecule has 1 fully saturated rings. The third-order valence-corrected chi connectivity index (χ3v) is 4.23. The van der Waals surface area contributed by atoms with Crippen molar-refractivity contribution in [3.8, 4) is 0 Å². The molecule has 1 saturated heterocycles. The minimum absolute atomic E-state index is 0.553. The van der Waals surface area contributed by atoms with E-state index in [0.717, 1.165) is 6.04 Å². The average molecular weight is 212 g/mol. The standard InChI is InChI=1S/C13H28N2/c1-5-12(6-2)15(4)11-13(7-3)8-9-14-10-13/h12,14H,5-11H2,1-4H3. The van der Waals surface area contributed by atoms with E-state index in [1.54, 1.807) is 0 Å². The first kappa shape index (κ1) is 13.0. The van der Waals surface area contributed by atoms with Crippen LogP contribution in [0.3, 0.4) is 0 Å². The van der Waals surface area contributed by atoms with Crippen LogP contribution in [0.25, 0.3) is 0 Å². The first-order valence-electron chi connectivity index (χ1n) is 6.58. The fourth-order valence-corrected chi connectivity index (χ4v) is 2.91. The summed E-state index contributed by atoms with van der Waals surface area (Å²) in [6.07, 6.45) is 5.22. The van der Waals surface area contributed by atoms with Crippen LogP contribution in [0.2, 0.25) is 0 Å². The molecule has 1 aliphatic heterocycles. The second-order valence-corrected chi connectivity index (χ2v) is 5.17. The zero-order chi connectivity index (χ0) is 11.3. The third kappa shape index (κ3) is 3.18. The van der Waals surface area contributed by atoms with Gasteiger partial charge in [0.1, 0.15) is 0 Å². The second-order valence-electron chi connectivity index (χ2n) is 5.17. The van der Waals surface area contributed by atoms with Crippen molar-refractivity contribution in [2.75, 3.05) is 26.7 Å². The van der Waals surface area contributed by atoms with Gasteiger partial charge in [-0.15, -0.1) is 0 Å². The summed E-state index contributed by atoms with van der Waals surface area (Å²) in [4.78, 5) is 2.58. The molecule has 2 heteroatoms. The van der Waals surface area contributed by atoms with E-state index in [4.69, 9.17) is 0 Å². The molecule has 1 heterocycles. The van der Waals surface area contributed by atoms with Gasteiger partial charge in [-0.2, -0.15) is 0 Å². The number of nitrogens with one attached hydrogen (secondary N) is 1. The second kappa shape index (κ2) is 5.86. The summed E-state index contributed by atoms with van der Waals surface area (Å²) >= 11 is 0. The molecule has 0 aromatic heterocycles. The topological polar surface area (TPSA) is 15.3 Å². The van der Waals surface area contributed by atoms with Crippen LogP contribution >= 0.6 is 0 Å². The monoisotopic (exact) mass is 212 g/mol. The molecule has 1 aliphatic rings. The first-order valence-corrected chi connectivity index (χ1v) is 6.58. The highest BCUT2D eigenvalue weighted by atomic mass is 15.1. The molecular weight excluding hydrogens is 184 g/mol. The number of nitrogens with zero attached hydrogens (tertiary/aromatic N) is 1. The molecular formula is C13H28N2. The van der Waals surface area contributed by atoms with E-state index in [1.807, 2.05) is 0 Å². The lowest BCUT2D eigenvalue weighted by atomic mass is 9.83. The Morgan fingerprint density at radius 1 is 1.27 bits per heavy atom. The molecule has 1 atom stereocenters. The van der Waals surface area contributed by atoms with Crippen molar-refractivity contribution in [1.29, 1.82) is 0 Å². The molecule has 0 amide bonds. The summed E-state index contributed by atoms with van der Waals surface area (Å²) in [5.74, 6) is 0. The average Bonchev–Trinajstić information content (AvgIpc) is 2.69. The fraction of sp³-hybridized carbons (Fsp3) is 1.00. The largest absolute Gasteiger partial charge is 0.316 e. The van der Waals surface area contributed by atoms with Gasteiger partial charge in [0.25, 0.3) is 0 Å². The maximum absolute atomic E-state index is 3.52. The highest BCUT2D eigenvalue weighted by Crippen LogP contribution is 2.31. The first-order chi connectivity index (χ1) is 7.17. The molecule has 1 N–H and O–H groups in total. The number of hydrogen-bond donors (Lipinski definition) is 1. The highest BCUT2D eigenvalue weighted by molar-refractivity contribution is 4.89. The van der Waals surface area contributed by atoms with Crippen molar-refractivity contribution in [2.45, 2.75) is 52.5 Å². The zero-order valence-electron chi connectivity index (χ0n) is 11.0. The van der Waals surface area contributed by atoms with Gasteiger partial charge < -0.3 is 10.2 Å². The summed E-state index contributed by atoms with van der Waals surface area (Å²) in [5.41, 5.74) is 0.553. The van der Waals surface area contributed by atoms with Crippen molar-refractivity contribution >= 4 is 0 Å². The van der Waals surface area contributed by atoms with Gasteiger partial charge in [0.05, 0.1) is 0 Å². The molecule has 0 aromatic carbocycles. The Morgan fingerprint density at radius 3 is 2.33 bits per heavy atom. The van der Waals surface area contributed by atoms with Crippen LogP contribution < -0.4 is 5.32 Å². The van der Waals surface area contributed by atoms with Crippen LogP contribution in [0.5, 0.6) is 0 Å². The molecule has 90 valence electrons. The molecule has 1 unspecified atom stereocenters. The van der Waals surface area contributed by atoms with E-state index in [9.17, 15) is 0 Å². The normalized spacial score (nSPS) is 26.8. The Kier molecular flexibility index (Phi) is 5.07. The summed E-state index contributed by atoms with van der Waals surface area (Å²) in [7, 11) is 2.30. The minimum atomic E-state index is 0.553. The van der Waals surface area contributed by atoms with E-state index in [2.05, 4.69) is 38.0 Å². The van der Waals surface area contributed by atoms with Crippen LogP contribution in [0, 0.1) is 5.41 Å². The van der Waals surface area contributed by atoms with Gasteiger partial charge >= 0.3 is 0 Å². The molecule has 0 radical (unpaired) electrons. The van der Waals surface area contributed by atoms with Crippen LogP contribution in [0.4, 0.5) is 0 Å². The van der Waals surface area contributed by atoms with Crippen LogP contribution in [0.15, 0.2) is 0 Å². The van der Waals surface area contributed by atoms with Gasteiger partial charge in [0.2, 0.25) is 0 Å². The Bertz CT molecular complexity index is 169. The molecule has 0 aromatic rings. The molecule has 0 spiro atoms. The smallest absolute Gasteiger partial charge is 0.00872 e. The van der Waals surface area contributed by atoms with E-state index < -0.39 is 0 Å². The Balaban J connectivity index is 2.50. The minimum Gasteiger partial charge on any atom is -0.316 e. The summed E-state index contributed by atoms with van der Waals surface area (Å²) in [6, 6.07) is 0.772. The van der Waals surface area contributed by atoms with Crippen LogP contribution in [-0.2, 0) is 0 Å². The van der Waals surface area contributed by atoms with Gasteiger partial charge in [-0.3, -0.25) is 0 Å². The molecule has 15 heavy (non-hydrogen) atoms. The maximum Gasteiger partial charge on any atom is 0.00872 e. The molecule has 0 bridgehead atoms. The van der Waals surface area contributed by atoms with Crippen molar-refractivity contribution in [3.05, 3.63) is 0 Å². The van der Waals surface area contributed by atoms with Gasteiger partial charge in [0.15, 0.2) is 0 Å². The van der Waals surface area contributed by atoms with Gasteiger partial charge in [-0.05, 0) is 44.7 Å². The third-order valence-electron chi connectivity index (χ3n) is 4.23. The van der Waals surface area contributed by atoms with Crippen LogP contribution in [-0.4, -0.2) is 37.6 Å². The van der Waals surface area contributed by atoms with Gasteiger partial charge in [-0.1, -0.05) is 20.8 Å². The predicted octanol–water partition coefficient (Wildman–Crippen LogP) is 2.50.